The molecule has 6 nitrogen and oxygen atoms in total. The van der Waals surface area contributed by atoms with Crippen molar-refractivity contribution < 1.29 is 8.94 Å². The average Bonchev–Trinajstić information content (AvgIpc) is 2.72. The topological polar surface area (TPSA) is 77.0 Å². The highest BCUT2D eigenvalue weighted by molar-refractivity contribution is 5.33. The molecule has 0 fully saturated rings. The smallest absolute Gasteiger partial charge is 0.235 e. The lowest BCUT2D eigenvalue weighted by molar-refractivity contribution is 0.399. The van der Waals surface area contributed by atoms with Crippen LogP contribution in [0.2, 0.25) is 0 Å². The third-order valence-corrected chi connectivity index (χ3v) is 1.62. The molecular weight excluding hydrogens is 184 g/mol. The van der Waals surface area contributed by atoms with Crippen LogP contribution in [0.15, 0.2) is 15.0 Å². The van der Waals surface area contributed by atoms with Crippen molar-refractivity contribution in [3.05, 3.63) is 23.6 Å². The van der Waals surface area contributed by atoms with Gasteiger partial charge in [-0.1, -0.05) is 5.16 Å². The highest BCUT2D eigenvalue weighted by Crippen LogP contribution is 2.08. The van der Waals surface area contributed by atoms with Gasteiger partial charge >= 0.3 is 0 Å². The predicted molar refractivity (Wildman–Crippen MR) is 47.6 cm³/mol. The predicted octanol–water partition coefficient (Wildman–Crippen LogP) is 1.29. The lowest BCUT2D eigenvalue weighted by Crippen LogP contribution is -1.99. The minimum absolute atomic E-state index is 0.451. The molecule has 0 radical (unpaired) electrons. The first-order valence-electron chi connectivity index (χ1n) is 4.20. The van der Waals surface area contributed by atoms with Crippen LogP contribution in [0.3, 0.4) is 0 Å². The van der Waals surface area contributed by atoms with Crippen molar-refractivity contribution in [1.29, 1.82) is 0 Å². The summed E-state index contributed by atoms with van der Waals surface area (Å²) < 4.78 is 10.0. The number of nitrogens with one attached hydrogen (secondary N) is 1. The average molecular weight is 194 g/mol. The minimum atomic E-state index is 0.451. The fraction of sp³-hybridized carbons (Fsp3) is 0.375. The first kappa shape index (κ1) is 8.74. The van der Waals surface area contributed by atoms with E-state index in [0.29, 0.717) is 24.1 Å². The summed E-state index contributed by atoms with van der Waals surface area (Å²) in [5.74, 6) is 2.51. The number of aryl methyl sites for hydroxylation is 2. The van der Waals surface area contributed by atoms with Crippen LogP contribution in [0.4, 0.5) is 5.82 Å². The van der Waals surface area contributed by atoms with Crippen LogP contribution in [0.5, 0.6) is 0 Å². The number of hydrogen-bond acceptors (Lipinski definition) is 6. The number of rotatable bonds is 3. The van der Waals surface area contributed by atoms with Crippen LogP contribution in [0.1, 0.15) is 17.5 Å². The Hall–Kier alpha value is -1.85. The first-order valence-corrected chi connectivity index (χ1v) is 4.20. The molecule has 2 rings (SSSR count). The molecule has 0 aliphatic carbocycles. The second-order valence-electron chi connectivity index (χ2n) is 2.89. The van der Waals surface area contributed by atoms with Gasteiger partial charge in [-0.25, -0.2) is 0 Å². The summed E-state index contributed by atoms with van der Waals surface area (Å²) in [6, 6.07) is 1.79. The van der Waals surface area contributed by atoms with E-state index in [0.717, 1.165) is 5.76 Å². The maximum Gasteiger partial charge on any atom is 0.235 e. The third-order valence-electron chi connectivity index (χ3n) is 1.62. The highest BCUT2D eigenvalue weighted by atomic mass is 16.5. The fourth-order valence-corrected chi connectivity index (χ4v) is 1.02. The van der Waals surface area contributed by atoms with E-state index in [2.05, 4.69) is 20.7 Å². The minimum Gasteiger partial charge on any atom is -0.424 e. The molecule has 0 saturated heterocycles. The van der Waals surface area contributed by atoms with Gasteiger partial charge in [-0.3, -0.25) is 0 Å². The molecule has 0 saturated carbocycles. The summed E-state index contributed by atoms with van der Waals surface area (Å²) >= 11 is 0. The van der Waals surface area contributed by atoms with Crippen LogP contribution < -0.4 is 5.32 Å². The number of aromatic nitrogens is 3. The summed E-state index contributed by atoms with van der Waals surface area (Å²) in [7, 11) is 0. The highest BCUT2D eigenvalue weighted by Gasteiger charge is 2.03. The van der Waals surface area contributed by atoms with E-state index >= 15 is 0 Å². The van der Waals surface area contributed by atoms with Gasteiger partial charge in [0, 0.05) is 13.0 Å². The van der Waals surface area contributed by atoms with Crippen LogP contribution in [-0.4, -0.2) is 15.4 Å². The second-order valence-corrected chi connectivity index (χ2v) is 2.89. The summed E-state index contributed by atoms with van der Waals surface area (Å²) in [5.41, 5.74) is 0. The standard InChI is InChI=1S/C8H10N4O2/c1-5-3-7(12-14-5)9-4-8-11-10-6(2)13-8/h3H,4H2,1-2H3,(H,9,12). The van der Waals surface area contributed by atoms with E-state index in [9.17, 15) is 0 Å². The van der Waals surface area contributed by atoms with Crippen molar-refractivity contribution in [1.82, 2.24) is 15.4 Å². The molecule has 0 atom stereocenters. The zero-order valence-corrected chi connectivity index (χ0v) is 7.94. The van der Waals surface area contributed by atoms with Crippen LogP contribution >= 0.6 is 0 Å². The molecule has 0 aromatic carbocycles. The summed E-state index contributed by atoms with van der Waals surface area (Å²) in [4.78, 5) is 0. The van der Waals surface area contributed by atoms with Gasteiger partial charge in [0.15, 0.2) is 5.82 Å². The van der Waals surface area contributed by atoms with Gasteiger partial charge in [-0.05, 0) is 6.92 Å². The number of nitrogens with zero attached hydrogens (tertiary/aromatic N) is 3. The van der Waals surface area contributed by atoms with Gasteiger partial charge in [0.25, 0.3) is 0 Å². The Labute approximate surface area is 80.3 Å². The largest absolute Gasteiger partial charge is 0.424 e. The van der Waals surface area contributed by atoms with Crippen molar-refractivity contribution in [2.75, 3.05) is 5.32 Å². The summed E-state index contributed by atoms with van der Waals surface area (Å²) in [6.45, 7) is 4.03. The first-order chi connectivity index (χ1) is 6.74. The van der Waals surface area contributed by atoms with E-state index in [1.807, 2.05) is 6.92 Å². The lowest BCUT2D eigenvalue weighted by Gasteiger charge is -1.94. The lowest BCUT2D eigenvalue weighted by atomic mass is 10.5. The molecule has 0 aliphatic heterocycles. The SMILES string of the molecule is Cc1cc(NCc2nnc(C)o2)no1. The quantitative estimate of drug-likeness (QED) is 0.793. The van der Waals surface area contributed by atoms with Gasteiger partial charge in [0.2, 0.25) is 11.8 Å². The molecule has 0 aliphatic rings. The Morgan fingerprint density at radius 2 is 2.21 bits per heavy atom. The molecular formula is C8H10N4O2. The van der Waals surface area contributed by atoms with Crippen LogP contribution in [-0.2, 0) is 6.54 Å². The Balaban J connectivity index is 1.94. The fourth-order valence-electron chi connectivity index (χ4n) is 1.02. The van der Waals surface area contributed by atoms with E-state index in [4.69, 9.17) is 8.94 Å². The molecule has 2 heterocycles. The maximum atomic E-state index is 5.17. The zero-order chi connectivity index (χ0) is 9.97. The van der Waals surface area contributed by atoms with Gasteiger partial charge < -0.3 is 14.3 Å². The summed E-state index contributed by atoms with van der Waals surface area (Å²) in [6.07, 6.45) is 0. The molecule has 6 heteroatoms. The van der Waals surface area contributed by atoms with Gasteiger partial charge in [-0.2, -0.15) is 0 Å². The van der Waals surface area contributed by atoms with Gasteiger partial charge in [0.1, 0.15) is 5.76 Å². The zero-order valence-electron chi connectivity index (χ0n) is 7.94. The van der Waals surface area contributed by atoms with Crippen molar-refractivity contribution in [2.24, 2.45) is 0 Å². The molecule has 0 spiro atoms. The molecule has 0 unspecified atom stereocenters. The Kier molecular flexibility index (Phi) is 2.18. The van der Waals surface area contributed by atoms with Crippen LogP contribution in [0, 0.1) is 13.8 Å². The monoisotopic (exact) mass is 194 g/mol. The molecule has 1 N–H and O–H groups in total. The molecule has 0 amide bonds. The molecule has 2 aromatic heterocycles. The Morgan fingerprint density at radius 1 is 1.36 bits per heavy atom. The molecule has 14 heavy (non-hydrogen) atoms. The van der Waals surface area contributed by atoms with Crippen LogP contribution in [0.25, 0.3) is 0 Å². The molecule has 74 valence electrons. The van der Waals surface area contributed by atoms with Crippen molar-refractivity contribution >= 4 is 5.82 Å². The normalized spacial score (nSPS) is 10.4. The van der Waals surface area contributed by atoms with E-state index in [1.54, 1.807) is 13.0 Å². The van der Waals surface area contributed by atoms with Gasteiger partial charge in [-0.15, -0.1) is 10.2 Å². The number of hydrogen-bond donors (Lipinski definition) is 1. The summed E-state index contributed by atoms with van der Waals surface area (Å²) in [5, 5.41) is 14.3. The molecule has 2 aromatic rings. The second kappa shape index (κ2) is 3.49. The van der Waals surface area contributed by atoms with Crippen molar-refractivity contribution in [3.8, 4) is 0 Å². The van der Waals surface area contributed by atoms with E-state index in [1.165, 1.54) is 0 Å². The van der Waals surface area contributed by atoms with E-state index in [-0.39, 0.29) is 0 Å². The third kappa shape index (κ3) is 1.90. The number of anilines is 1. The van der Waals surface area contributed by atoms with Gasteiger partial charge in [0.05, 0.1) is 6.54 Å². The maximum absolute atomic E-state index is 5.17. The Bertz CT molecular complexity index is 380. The van der Waals surface area contributed by atoms with Crippen molar-refractivity contribution in [2.45, 2.75) is 20.4 Å². The molecule has 0 bridgehead atoms. The van der Waals surface area contributed by atoms with E-state index < -0.39 is 0 Å². The van der Waals surface area contributed by atoms with Crippen molar-refractivity contribution in [3.63, 3.8) is 0 Å². The Morgan fingerprint density at radius 3 is 2.79 bits per heavy atom.